The number of carboxylic acids is 1. The molecule has 0 aliphatic carbocycles. The monoisotopic (exact) mass is 284 g/mol. The molecule has 106 valence electrons. The number of rotatable bonds is 4. The van der Waals surface area contributed by atoms with Crippen LogP contribution in [0.25, 0.3) is 0 Å². The van der Waals surface area contributed by atoms with Crippen LogP contribution in [0.1, 0.15) is 60.5 Å². The summed E-state index contributed by atoms with van der Waals surface area (Å²) >= 11 is 1.11. The number of amides is 1. The first-order valence-corrected chi connectivity index (χ1v) is 6.92. The first-order valence-electron chi connectivity index (χ1n) is 6.10. The van der Waals surface area contributed by atoms with Gasteiger partial charge in [-0.15, -0.1) is 11.3 Å². The second kappa shape index (κ2) is 5.69. The molecule has 1 rings (SSSR count). The van der Waals surface area contributed by atoms with Gasteiger partial charge in [-0.25, -0.2) is 9.78 Å². The van der Waals surface area contributed by atoms with Gasteiger partial charge >= 0.3 is 5.97 Å². The first-order chi connectivity index (χ1) is 8.60. The molecule has 1 aromatic rings. The zero-order valence-electron chi connectivity index (χ0n) is 11.9. The second-order valence-electron chi connectivity index (χ2n) is 5.80. The summed E-state index contributed by atoms with van der Waals surface area (Å²) in [5.41, 5.74) is 0.416. The average Bonchev–Trinajstić information content (AvgIpc) is 2.57. The summed E-state index contributed by atoms with van der Waals surface area (Å²) in [6, 6.07) is -0.272. The summed E-state index contributed by atoms with van der Waals surface area (Å²) < 4.78 is 0. The van der Waals surface area contributed by atoms with Crippen LogP contribution in [0.2, 0.25) is 0 Å². The number of hydrogen-bond donors (Lipinski definition) is 2. The lowest BCUT2D eigenvalue weighted by atomic mass is 9.92. The fourth-order valence-corrected chi connectivity index (χ4v) is 2.54. The highest BCUT2D eigenvalue weighted by Crippen LogP contribution is 2.24. The molecule has 0 spiro atoms. The maximum atomic E-state index is 11.8. The van der Waals surface area contributed by atoms with E-state index in [-0.39, 0.29) is 22.2 Å². The van der Waals surface area contributed by atoms with E-state index in [1.807, 2.05) is 27.7 Å². The van der Waals surface area contributed by atoms with Gasteiger partial charge in [-0.1, -0.05) is 20.8 Å². The zero-order chi connectivity index (χ0) is 14.8. The molecule has 6 heteroatoms. The topological polar surface area (TPSA) is 79.3 Å². The number of nitrogens with one attached hydrogen (secondary N) is 1. The minimum Gasteiger partial charge on any atom is -0.477 e. The van der Waals surface area contributed by atoms with E-state index in [9.17, 15) is 9.59 Å². The van der Waals surface area contributed by atoms with Gasteiger partial charge in [-0.05, 0) is 19.3 Å². The van der Waals surface area contributed by atoms with Crippen LogP contribution in [-0.4, -0.2) is 22.0 Å². The molecule has 0 fully saturated rings. The Morgan fingerprint density at radius 1 is 1.42 bits per heavy atom. The van der Waals surface area contributed by atoms with Crippen molar-refractivity contribution in [1.82, 2.24) is 10.3 Å². The number of aryl methyl sites for hydroxylation is 1. The number of aromatic nitrogens is 1. The molecule has 19 heavy (non-hydrogen) atoms. The lowest BCUT2D eigenvalue weighted by Crippen LogP contribution is -2.29. The zero-order valence-corrected chi connectivity index (χ0v) is 12.7. The van der Waals surface area contributed by atoms with Gasteiger partial charge in [0.1, 0.15) is 9.88 Å². The Bertz CT molecular complexity index is 489. The van der Waals surface area contributed by atoms with E-state index in [1.54, 1.807) is 6.92 Å². The predicted molar refractivity (Wildman–Crippen MR) is 74.4 cm³/mol. The highest BCUT2D eigenvalue weighted by molar-refractivity contribution is 7.13. The number of thiazole rings is 1. The van der Waals surface area contributed by atoms with Crippen molar-refractivity contribution in [3.8, 4) is 0 Å². The van der Waals surface area contributed by atoms with Crippen molar-refractivity contribution in [3.63, 3.8) is 0 Å². The first kappa shape index (κ1) is 15.6. The van der Waals surface area contributed by atoms with Crippen molar-refractivity contribution in [3.05, 3.63) is 15.6 Å². The summed E-state index contributed by atoms with van der Waals surface area (Å²) in [4.78, 5) is 27.2. The van der Waals surface area contributed by atoms with Gasteiger partial charge in [-0.3, -0.25) is 4.79 Å². The Balaban J connectivity index is 2.73. The fraction of sp³-hybridized carbons (Fsp3) is 0.615. The van der Waals surface area contributed by atoms with Crippen molar-refractivity contribution in [2.75, 3.05) is 0 Å². The van der Waals surface area contributed by atoms with Gasteiger partial charge in [0.15, 0.2) is 0 Å². The van der Waals surface area contributed by atoms with Crippen LogP contribution in [0.15, 0.2) is 0 Å². The van der Waals surface area contributed by atoms with Crippen molar-refractivity contribution < 1.29 is 14.7 Å². The molecule has 1 unspecified atom stereocenters. The maximum Gasteiger partial charge on any atom is 0.347 e. The summed E-state index contributed by atoms with van der Waals surface area (Å²) in [6.45, 7) is 9.45. The van der Waals surface area contributed by atoms with Gasteiger partial charge in [0.25, 0.3) is 0 Å². The van der Waals surface area contributed by atoms with Crippen molar-refractivity contribution in [2.45, 2.75) is 47.1 Å². The fourth-order valence-electron chi connectivity index (χ4n) is 1.64. The van der Waals surface area contributed by atoms with Crippen molar-refractivity contribution >= 4 is 23.2 Å². The average molecular weight is 284 g/mol. The van der Waals surface area contributed by atoms with E-state index in [1.165, 1.54) is 0 Å². The third-order valence-corrected chi connectivity index (χ3v) is 3.77. The third-order valence-electron chi connectivity index (χ3n) is 2.45. The molecular formula is C13H20N2O3S. The number of carboxylic acid groups (broad SMARTS) is 1. The molecule has 0 bridgehead atoms. The molecule has 1 heterocycles. The standard InChI is InChI=1S/C13H20N2O3S/c1-7-10(12(17)18)19-11(15-7)8(2)14-9(16)6-13(3,4)5/h8H,6H2,1-5H3,(H,14,16)(H,17,18). The molecule has 0 saturated heterocycles. The molecule has 1 aromatic heterocycles. The molecule has 0 aliphatic heterocycles. The summed E-state index contributed by atoms with van der Waals surface area (Å²) in [7, 11) is 0. The summed E-state index contributed by atoms with van der Waals surface area (Å²) in [5.74, 6) is -1.03. The van der Waals surface area contributed by atoms with Crippen LogP contribution in [0.4, 0.5) is 0 Å². The number of hydrogen-bond acceptors (Lipinski definition) is 4. The Labute approximate surface area is 117 Å². The van der Waals surface area contributed by atoms with Crippen LogP contribution in [0.5, 0.6) is 0 Å². The van der Waals surface area contributed by atoms with Crippen LogP contribution in [0.3, 0.4) is 0 Å². The van der Waals surface area contributed by atoms with Gasteiger partial charge in [0.05, 0.1) is 11.7 Å². The molecule has 1 atom stereocenters. The van der Waals surface area contributed by atoms with Crippen LogP contribution < -0.4 is 5.32 Å². The molecule has 0 aliphatic rings. The smallest absolute Gasteiger partial charge is 0.347 e. The Kier molecular flexibility index (Phi) is 4.68. The highest BCUT2D eigenvalue weighted by atomic mass is 32.1. The number of carbonyl (C=O) groups is 2. The second-order valence-corrected chi connectivity index (χ2v) is 6.83. The molecular weight excluding hydrogens is 264 g/mol. The molecule has 2 N–H and O–H groups in total. The van der Waals surface area contributed by atoms with E-state index in [0.717, 1.165) is 11.3 Å². The van der Waals surface area contributed by atoms with Gasteiger partial charge in [0, 0.05) is 6.42 Å². The van der Waals surface area contributed by atoms with Crippen LogP contribution >= 0.6 is 11.3 Å². The molecule has 0 aromatic carbocycles. The molecule has 0 saturated carbocycles. The van der Waals surface area contributed by atoms with E-state index < -0.39 is 5.97 Å². The Morgan fingerprint density at radius 2 is 2.00 bits per heavy atom. The SMILES string of the molecule is Cc1nc(C(C)NC(=O)CC(C)(C)C)sc1C(=O)O. The van der Waals surface area contributed by atoms with Gasteiger partial charge < -0.3 is 10.4 Å². The minimum absolute atomic E-state index is 0.0512. The Morgan fingerprint density at radius 3 is 2.42 bits per heavy atom. The normalized spacial score (nSPS) is 13.1. The summed E-state index contributed by atoms with van der Waals surface area (Å²) in [5, 5.41) is 12.4. The number of carbonyl (C=O) groups excluding carboxylic acids is 1. The van der Waals surface area contributed by atoms with Gasteiger partial charge in [0.2, 0.25) is 5.91 Å². The van der Waals surface area contributed by atoms with Crippen LogP contribution in [0, 0.1) is 12.3 Å². The lowest BCUT2D eigenvalue weighted by molar-refractivity contribution is -0.123. The molecule has 0 radical (unpaired) electrons. The highest BCUT2D eigenvalue weighted by Gasteiger charge is 2.21. The van der Waals surface area contributed by atoms with E-state index >= 15 is 0 Å². The largest absolute Gasteiger partial charge is 0.477 e. The van der Waals surface area contributed by atoms with E-state index in [2.05, 4.69) is 10.3 Å². The predicted octanol–water partition coefficient (Wildman–Crippen LogP) is 2.76. The lowest BCUT2D eigenvalue weighted by Gasteiger charge is -2.19. The van der Waals surface area contributed by atoms with Gasteiger partial charge in [-0.2, -0.15) is 0 Å². The minimum atomic E-state index is -0.977. The molecule has 5 nitrogen and oxygen atoms in total. The molecule has 1 amide bonds. The Hall–Kier alpha value is -1.43. The maximum absolute atomic E-state index is 11.8. The van der Waals surface area contributed by atoms with Crippen molar-refractivity contribution in [2.24, 2.45) is 5.41 Å². The quantitative estimate of drug-likeness (QED) is 0.891. The van der Waals surface area contributed by atoms with Crippen molar-refractivity contribution in [1.29, 1.82) is 0 Å². The third kappa shape index (κ3) is 4.63. The summed E-state index contributed by atoms with van der Waals surface area (Å²) in [6.07, 6.45) is 0.424. The van der Waals surface area contributed by atoms with Crippen LogP contribution in [-0.2, 0) is 4.79 Å². The number of aromatic carboxylic acids is 1. The van der Waals surface area contributed by atoms with E-state index in [4.69, 9.17) is 5.11 Å². The van der Waals surface area contributed by atoms with E-state index in [0.29, 0.717) is 17.1 Å². The number of nitrogens with zero attached hydrogens (tertiary/aromatic N) is 1.